The van der Waals surface area contributed by atoms with E-state index < -0.39 is 0 Å². The van der Waals surface area contributed by atoms with E-state index in [1.165, 1.54) is 0 Å². The van der Waals surface area contributed by atoms with Gasteiger partial charge in [0.1, 0.15) is 0 Å². The largest absolute Gasteiger partial charge is 0.309 e. The van der Waals surface area contributed by atoms with Crippen molar-refractivity contribution in [2.24, 2.45) is 0 Å². The Labute approximate surface area is 105 Å². The van der Waals surface area contributed by atoms with Crippen LogP contribution in [0.25, 0.3) is 0 Å². The minimum Gasteiger partial charge on any atom is -0.309 e. The summed E-state index contributed by atoms with van der Waals surface area (Å²) in [4.78, 5) is 3.97. The molecule has 0 saturated heterocycles. The molecule has 2 aromatic heterocycles. The van der Waals surface area contributed by atoms with Gasteiger partial charge in [0.2, 0.25) is 0 Å². The highest BCUT2D eigenvalue weighted by Gasteiger charge is 2.15. The van der Waals surface area contributed by atoms with Crippen LogP contribution in [-0.4, -0.2) is 26.9 Å². The lowest BCUT2D eigenvalue weighted by atomic mass is 10.0. The third kappa shape index (κ3) is 3.01. The fraction of sp³-hybridized carbons (Fsp3) is 0.364. The zero-order valence-electron chi connectivity index (χ0n) is 9.52. The molecule has 2 N–H and O–H groups in total. The van der Waals surface area contributed by atoms with Gasteiger partial charge in [-0.2, -0.15) is 15.4 Å². The molecule has 0 aliphatic rings. The van der Waals surface area contributed by atoms with Gasteiger partial charge in [-0.15, -0.1) is 0 Å². The van der Waals surface area contributed by atoms with Crippen LogP contribution in [-0.2, 0) is 6.42 Å². The molecule has 5 nitrogen and oxygen atoms in total. The Kier molecular flexibility index (Phi) is 4.06. The molecule has 17 heavy (non-hydrogen) atoms. The number of hydrogen-bond acceptors (Lipinski definition) is 4. The maximum Gasteiger partial charge on any atom is 0.0997 e. The number of H-pyrrole nitrogens is 1. The molecule has 0 radical (unpaired) electrons. The number of aromatic nitrogens is 4. The fourth-order valence-corrected chi connectivity index (χ4v) is 1.89. The van der Waals surface area contributed by atoms with E-state index in [2.05, 4.69) is 32.6 Å². The molecule has 90 valence electrons. The summed E-state index contributed by atoms with van der Waals surface area (Å²) in [5, 5.41) is 14.6. The van der Waals surface area contributed by atoms with Gasteiger partial charge in [-0.05, 0) is 24.6 Å². The van der Waals surface area contributed by atoms with Crippen LogP contribution in [0.2, 0.25) is 5.02 Å². The Bertz CT molecular complexity index is 457. The highest BCUT2D eigenvalue weighted by molar-refractivity contribution is 6.31. The van der Waals surface area contributed by atoms with Crippen molar-refractivity contribution in [3.8, 4) is 0 Å². The van der Waals surface area contributed by atoms with Gasteiger partial charge in [0.25, 0.3) is 0 Å². The quantitative estimate of drug-likeness (QED) is 0.850. The van der Waals surface area contributed by atoms with Crippen molar-refractivity contribution in [2.75, 3.05) is 6.54 Å². The number of likely N-dealkylation sites (N-methyl/N-ethyl adjacent to an activating group) is 1. The summed E-state index contributed by atoms with van der Waals surface area (Å²) in [6.45, 7) is 2.92. The van der Waals surface area contributed by atoms with E-state index >= 15 is 0 Å². The second-order valence-corrected chi connectivity index (χ2v) is 4.08. The Morgan fingerprint density at radius 1 is 1.47 bits per heavy atom. The van der Waals surface area contributed by atoms with Crippen LogP contribution in [0.1, 0.15) is 24.2 Å². The Balaban J connectivity index is 2.16. The van der Waals surface area contributed by atoms with Crippen molar-refractivity contribution in [2.45, 2.75) is 19.4 Å². The molecule has 0 aliphatic heterocycles. The zero-order chi connectivity index (χ0) is 12.1. The Morgan fingerprint density at radius 3 is 3.00 bits per heavy atom. The zero-order valence-corrected chi connectivity index (χ0v) is 10.3. The third-order valence-electron chi connectivity index (χ3n) is 2.52. The third-order valence-corrected chi connectivity index (χ3v) is 2.86. The predicted octanol–water partition coefficient (Wildman–Crippen LogP) is 1.75. The molecule has 0 amide bonds. The van der Waals surface area contributed by atoms with Crippen LogP contribution in [0.4, 0.5) is 0 Å². The molecule has 0 bridgehead atoms. The van der Waals surface area contributed by atoms with Crippen molar-refractivity contribution in [1.82, 2.24) is 25.7 Å². The Hall–Kier alpha value is -1.46. The SMILES string of the molecule is CCNC(Cc1ccncc1Cl)c1cn[nH]n1. The lowest BCUT2D eigenvalue weighted by molar-refractivity contribution is 0.535. The highest BCUT2D eigenvalue weighted by atomic mass is 35.5. The molecular formula is C11H14ClN5. The van der Waals surface area contributed by atoms with Crippen LogP contribution >= 0.6 is 11.6 Å². The van der Waals surface area contributed by atoms with Crippen LogP contribution < -0.4 is 5.32 Å². The van der Waals surface area contributed by atoms with E-state index in [1.54, 1.807) is 18.6 Å². The fourth-order valence-electron chi connectivity index (χ4n) is 1.70. The first-order valence-corrected chi connectivity index (χ1v) is 5.86. The average Bonchev–Trinajstić information content (AvgIpc) is 2.85. The van der Waals surface area contributed by atoms with Crippen molar-refractivity contribution >= 4 is 11.6 Å². The van der Waals surface area contributed by atoms with Crippen LogP contribution in [0.3, 0.4) is 0 Å². The summed E-state index contributed by atoms with van der Waals surface area (Å²) < 4.78 is 0. The monoisotopic (exact) mass is 251 g/mol. The molecule has 1 unspecified atom stereocenters. The number of halogens is 1. The summed E-state index contributed by atoms with van der Waals surface area (Å²) >= 11 is 6.10. The van der Waals surface area contributed by atoms with E-state index in [0.717, 1.165) is 24.2 Å². The average molecular weight is 252 g/mol. The first kappa shape index (κ1) is 12.0. The number of nitrogens with zero attached hydrogens (tertiary/aromatic N) is 3. The number of nitrogens with one attached hydrogen (secondary N) is 2. The molecule has 0 saturated carbocycles. The second kappa shape index (κ2) is 5.75. The maximum absolute atomic E-state index is 6.10. The van der Waals surface area contributed by atoms with Gasteiger partial charge in [0.15, 0.2) is 0 Å². The van der Waals surface area contributed by atoms with Gasteiger partial charge in [-0.25, -0.2) is 0 Å². The molecule has 0 spiro atoms. The lowest BCUT2D eigenvalue weighted by Gasteiger charge is -2.15. The number of rotatable bonds is 5. The van der Waals surface area contributed by atoms with E-state index in [4.69, 9.17) is 11.6 Å². The van der Waals surface area contributed by atoms with Crippen LogP contribution in [0.5, 0.6) is 0 Å². The summed E-state index contributed by atoms with van der Waals surface area (Å²) in [5.74, 6) is 0. The van der Waals surface area contributed by atoms with Gasteiger partial charge < -0.3 is 5.32 Å². The minimum absolute atomic E-state index is 0.110. The van der Waals surface area contributed by atoms with E-state index in [1.807, 2.05) is 6.07 Å². The van der Waals surface area contributed by atoms with Crippen LogP contribution in [0.15, 0.2) is 24.7 Å². The van der Waals surface area contributed by atoms with Gasteiger partial charge in [-0.1, -0.05) is 18.5 Å². The topological polar surface area (TPSA) is 66.5 Å². The van der Waals surface area contributed by atoms with E-state index in [-0.39, 0.29) is 6.04 Å². The summed E-state index contributed by atoms with van der Waals surface area (Å²) in [6, 6.07) is 2.03. The number of pyridine rings is 1. The smallest absolute Gasteiger partial charge is 0.0997 e. The predicted molar refractivity (Wildman–Crippen MR) is 65.8 cm³/mol. The van der Waals surface area contributed by atoms with Gasteiger partial charge in [0, 0.05) is 12.4 Å². The molecule has 0 aromatic carbocycles. The standard InChI is InChI=1S/C11H14ClN5/c1-2-14-10(11-7-15-17-16-11)5-8-3-4-13-6-9(8)12/h3-4,6-7,10,14H,2,5H2,1H3,(H,15,16,17). The molecule has 0 aliphatic carbocycles. The molecule has 0 fully saturated rings. The van der Waals surface area contributed by atoms with Crippen molar-refractivity contribution < 1.29 is 0 Å². The minimum atomic E-state index is 0.110. The van der Waals surface area contributed by atoms with Crippen LogP contribution in [0, 0.1) is 0 Å². The summed E-state index contributed by atoms with van der Waals surface area (Å²) in [5.41, 5.74) is 1.94. The van der Waals surface area contributed by atoms with Gasteiger partial charge in [-0.3, -0.25) is 4.98 Å². The second-order valence-electron chi connectivity index (χ2n) is 3.68. The highest BCUT2D eigenvalue weighted by Crippen LogP contribution is 2.21. The van der Waals surface area contributed by atoms with Crippen molar-refractivity contribution in [3.63, 3.8) is 0 Å². The molecule has 1 atom stereocenters. The molecule has 2 rings (SSSR count). The molecular weight excluding hydrogens is 238 g/mol. The Morgan fingerprint density at radius 2 is 2.35 bits per heavy atom. The molecule has 2 heterocycles. The maximum atomic E-state index is 6.10. The van der Waals surface area contributed by atoms with Crippen molar-refractivity contribution in [3.05, 3.63) is 40.9 Å². The van der Waals surface area contributed by atoms with Gasteiger partial charge >= 0.3 is 0 Å². The van der Waals surface area contributed by atoms with E-state index in [9.17, 15) is 0 Å². The number of hydrogen-bond donors (Lipinski definition) is 2. The lowest BCUT2D eigenvalue weighted by Crippen LogP contribution is -2.23. The van der Waals surface area contributed by atoms with E-state index in [0.29, 0.717) is 5.02 Å². The van der Waals surface area contributed by atoms with Gasteiger partial charge in [0.05, 0.1) is 23.0 Å². The number of aromatic amines is 1. The first-order chi connectivity index (χ1) is 8.31. The summed E-state index contributed by atoms with van der Waals surface area (Å²) in [7, 11) is 0. The first-order valence-electron chi connectivity index (χ1n) is 5.48. The van der Waals surface area contributed by atoms with Crippen molar-refractivity contribution in [1.29, 1.82) is 0 Å². The molecule has 6 heteroatoms. The normalized spacial score (nSPS) is 12.6. The molecule has 2 aromatic rings. The summed E-state index contributed by atoms with van der Waals surface area (Å²) in [6.07, 6.45) is 5.89.